The first-order chi connectivity index (χ1) is 9.65. The molecule has 2 fully saturated rings. The fourth-order valence-electron chi connectivity index (χ4n) is 4.34. The van der Waals surface area contributed by atoms with E-state index in [-0.39, 0.29) is 17.8 Å². The largest absolute Gasteiger partial charge is 0.337 e. The van der Waals surface area contributed by atoms with Crippen molar-refractivity contribution in [1.82, 2.24) is 10.2 Å². The first-order valence-corrected chi connectivity index (χ1v) is 8.58. The van der Waals surface area contributed by atoms with Crippen LogP contribution in [0.3, 0.4) is 0 Å². The Balaban J connectivity index is 0.00000132. The topological polar surface area (TPSA) is 32.3 Å². The lowest BCUT2D eigenvalue weighted by atomic mass is 9.84. The summed E-state index contributed by atoms with van der Waals surface area (Å²) in [7, 11) is 0. The van der Waals surface area contributed by atoms with E-state index in [1.165, 1.54) is 23.3 Å². The van der Waals surface area contributed by atoms with Crippen LogP contribution >= 0.6 is 23.7 Å². The highest BCUT2D eigenvalue weighted by molar-refractivity contribution is 7.10. The third-order valence-electron chi connectivity index (χ3n) is 5.87. The molecule has 1 spiro atoms. The Morgan fingerprint density at radius 1 is 1.38 bits per heavy atom. The number of nitrogens with one attached hydrogen (secondary N) is 1. The van der Waals surface area contributed by atoms with Crippen molar-refractivity contribution in [2.75, 3.05) is 19.6 Å². The van der Waals surface area contributed by atoms with Crippen molar-refractivity contribution in [3.05, 3.63) is 21.9 Å². The minimum atomic E-state index is -0.0807. The summed E-state index contributed by atoms with van der Waals surface area (Å²) >= 11 is 1.84. The van der Waals surface area contributed by atoms with E-state index in [0.29, 0.717) is 11.3 Å². The fourth-order valence-corrected chi connectivity index (χ4v) is 5.23. The Hall–Kier alpha value is -0.580. The Kier molecular flexibility index (Phi) is 3.83. The third kappa shape index (κ3) is 2.23. The summed E-state index contributed by atoms with van der Waals surface area (Å²) in [5.74, 6) is 0.413. The third-order valence-corrected chi connectivity index (χ3v) is 6.89. The van der Waals surface area contributed by atoms with Gasteiger partial charge < -0.3 is 10.2 Å². The van der Waals surface area contributed by atoms with E-state index in [0.717, 1.165) is 39.0 Å². The number of rotatable bonds is 1. The van der Waals surface area contributed by atoms with Gasteiger partial charge >= 0.3 is 0 Å². The van der Waals surface area contributed by atoms with Crippen LogP contribution in [0.2, 0.25) is 0 Å². The number of hydrogen-bond donors (Lipinski definition) is 1. The Morgan fingerprint density at radius 3 is 2.90 bits per heavy atom. The van der Waals surface area contributed by atoms with Crippen molar-refractivity contribution in [1.29, 1.82) is 0 Å². The van der Waals surface area contributed by atoms with Crippen molar-refractivity contribution in [3.63, 3.8) is 0 Å². The Labute approximate surface area is 136 Å². The van der Waals surface area contributed by atoms with E-state index in [4.69, 9.17) is 0 Å². The molecule has 3 nitrogen and oxygen atoms in total. The van der Waals surface area contributed by atoms with Crippen molar-refractivity contribution < 1.29 is 4.79 Å². The van der Waals surface area contributed by atoms with Gasteiger partial charge in [-0.3, -0.25) is 4.79 Å². The average Bonchev–Trinajstić information content (AvgIpc) is 2.87. The van der Waals surface area contributed by atoms with E-state index < -0.39 is 0 Å². The molecule has 1 atom stereocenters. The van der Waals surface area contributed by atoms with E-state index in [9.17, 15) is 4.79 Å². The van der Waals surface area contributed by atoms with Crippen molar-refractivity contribution in [2.24, 2.45) is 10.8 Å². The van der Waals surface area contributed by atoms with Crippen LogP contribution in [0.4, 0.5) is 0 Å². The molecule has 21 heavy (non-hydrogen) atoms. The molecular formula is C16H23ClN2OS. The lowest BCUT2D eigenvalue weighted by Crippen LogP contribution is -2.43. The number of piperidine rings is 1. The van der Waals surface area contributed by atoms with Crippen LogP contribution in [0.1, 0.15) is 36.6 Å². The monoisotopic (exact) mass is 326 g/mol. The standard InChI is InChI=1S/C16H22N2OS.ClH/c1-15(11-16(15)4-6-17-7-5-16)14(19)18-8-2-13-12(10-18)3-9-20-13;/h3,9,17H,2,4-8,10-11H2,1H3;1H. The van der Waals surface area contributed by atoms with Gasteiger partial charge in [0.2, 0.25) is 5.91 Å². The molecule has 1 saturated heterocycles. The predicted octanol–water partition coefficient (Wildman–Crippen LogP) is 2.83. The number of carbonyl (C=O) groups excluding carboxylic acids is 1. The number of fused-ring (bicyclic) bond motifs is 1. The predicted molar refractivity (Wildman–Crippen MR) is 87.9 cm³/mol. The van der Waals surface area contributed by atoms with Gasteiger partial charge in [0.15, 0.2) is 0 Å². The highest BCUT2D eigenvalue weighted by atomic mass is 35.5. The van der Waals surface area contributed by atoms with Crippen LogP contribution in [0.15, 0.2) is 11.4 Å². The van der Waals surface area contributed by atoms with Crippen molar-refractivity contribution >= 4 is 29.7 Å². The molecule has 1 saturated carbocycles. The maximum absolute atomic E-state index is 13.0. The number of halogens is 1. The van der Waals surface area contributed by atoms with E-state index in [1.807, 2.05) is 11.3 Å². The summed E-state index contributed by atoms with van der Waals surface area (Å²) in [6.07, 6.45) is 4.50. The molecule has 1 aliphatic carbocycles. The van der Waals surface area contributed by atoms with E-state index >= 15 is 0 Å². The summed E-state index contributed by atoms with van der Waals surface area (Å²) < 4.78 is 0. The van der Waals surface area contributed by atoms with Gasteiger partial charge in [-0.2, -0.15) is 0 Å². The maximum Gasteiger partial charge on any atom is 0.229 e. The quantitative estimate of drug-likeness (QED) is 0.860. The molecule has 1 N–H and O–H groups in total. The molecule has 1 unspecified atom stereocenters. The fraction of sp³-hybridized carbons (Fsp3) is 0.688. The Morgan fingerprint density at radius 2 is 2.14 bits per heavy atom. The smallest absolute Gasteiger partial charge is 0.229 e. The first-order valence-electron chi connectivity index (χ1n) is 7.70. The summed E-state index contributed by atoms with van der Waals surface area (Å²) in [4.78, 5) is 16.6. The zero-order chi connectivity index (χ0) is 13.8. The molecule has 1 amide bonds. The molecule has 116 valence electrons. The molecular weight excluding hydrogens is 304 g/mol. The lowest BCUT2D eigenvalue weighted by molar-refractivity contribution is -0.139. The molecule has 0 aromatic carbocycles. The summed E-state index contributed by atoms with van der Waals surface area (Å²) in [6, 6.07) is 2.19. The first kappa shape index (κ1) is 15.3. The van der Waals surface area contributed by atoms with E-state index in [1.54, 1.807) is 0 Å². The zero-order valence-corrected chi connectivity index (χ0v) is 14.1. The highest BCUT2D eigenvalue weighted by Gasteiger charge is 2.68. The van der Waals surface area contributed by atoms with Crippen LogP contribution in [-0.2, 0) is 17.8 Å². The molecule has 1 aromatic heterocycles. The molecule has 0 bridgehead atoms. The molecule has 3 heterocycles. The minimum absolute atomic E-state index is 0. The van der Waals surface area contributed by atoms with Crippen molar-refractivity contribution in [2.45, 2.75) is 39.2 Å². The maximum atomic E-state index is 13.0. The number of carbonyl (C=O) groups is 1. The van der Waals surface area contributed by atoms with Gasteiger partial charge in [-0.25, -0.2) is 0 Å². The number of amides is 1. The summed E-state index contributed by atoms with van der Waals surface area (Å²) in [6.45, 7) is 6.12. The molecule has 5 heteroatoms. The molecule has 2 aliphatic heterocycles. The molecule has 3 aliphatic rings. The summed E-state index contributed by atoms with van der Waals surface area (Å²) in [5, 5.41) is 5.58. The SMILES string of the molecule is CC1(C(=O)N2CCc3sccc3C2)CC12CCNCC2.Cl. The number of thiophene rings is 1. The number of hydrogen-bond acceptors (Lipinski definition) is 3. The highest BCUT2D eigenvalue weighted by Crippen LogP contribution is 2.69. The van der Waals surface area contributed by atoms with Gasteiger partial charge in [0.25, 0.3) is 0 Å². The normalized spacial score (nSPS) is 29.7. The van der Waals surface area contributed by atoms with Gasteiger partial charge in [-0.1, -0.05) is 6.92 Å². The second kappa shape index (κ2) is 5.25. The van der Waals surface area contributed by atoms with Crippen LogP contribution in [0, 0.1) is 10.8 Å². The molecule has 4 rings (SSSR count). The van der Waals surface area contributed by atoms with Crippen molar-refractivity contribution in [3.8, 4) is 0 Å². The Bertz CT molecular complexity index is 552. The lowest BCUT2D eigenvalue weighted by Gasteiger charge is -2.33. The zero-order valence-electron chi connectivity index (χ0n) is 12.5. The number of nitrogens with zero attached hydrogens (tertiary/aromatic N) is 1. The van der Waals surface area contributed by atoms with Crippen LogP contribution in [0.5, 0.6) is 0 Å². The van der Waals surface area contributed by atoms with Crippen LogP contribution in [-0.4, -0.2) is 30.4 Å². The molecule has 0 radical (unpaired) electrons. The van der Waals surface area contributed by atoms with E-state index in [2.05, 4.69) is 28.6 Å². The van der Waals surface area contributed by atoms with Gasteiger partial charge in [0.1, 0.15) is 0 Å². The van der Waals surface area contributed by atoms with Crippen LogP contribution < -0.4 is 5.32 Å². The van der Waals surface area contributed by atoms with Gasteiger partial charge in [-0.05, 0) is 61.2 Å². The minimum Gasteiger partial charge on any atom is -0.337 e. The molecule has 1 aromatic rings. The van der Waals surface area contributed by atoms with Gasteiger partial charge in [0, 0.05) is 18.0 Å². The van der Waals surface area contributed by atoms with Crippen LogP contribution in [0.25, 0.3) is 0 Å². The average molecular weight is 327 g/mol. The van der Waals surface area contributed by atoms with Gasteiger partial charge in [0.05, 0.1) is 5.41 Å². The van der Waals surface area contributed by atoms with Gasteiger partial charge in [-0.15, -0.1) is 23.7 Å². The summed E-state index contributed by atoms with van der Waals surface area (Å²) in [5.41, 5.74) is 1.60. The second-order valence-corrected chi connectivity index (χ2v) is 7.89. The second-order valence-electron chi connectivity index (χ2n) is 6.88.